The summed E-state index contributed by atoms with van der Waals surface area (Å²) in [5.41, 5.74) is 0.250. The van der Waals surface area contributed by atoms with E-state index < -0.39 is 0 Å². The topological polar surface area (TPSA) is 63.2 Å². The summed E-state index contributed by atoms with van der Waals surface area (Å²) in [6.45, 7) is 7.44. The summed E-state index contributed by atoms with van der Waals surface area (Å²) in [6.07, 6.45) is 3.11. The standard InChI is InChI=1S/C15H22ClN3O2/c1-4-17-13-7-11(12(16)9-18-13)14(20)19-10-5-6-21-15(2,3)8-10/h7,9-10H,4-6,8H2,1-3H3,(H,17,18)(H,19,20). The lowest BCUT2D eigenvalue weighted by atomic mass is 9.94. The molecule has 116 valence electrons. The van der Waals surface area contributed by atoms with Crippen LogP contribution in [0.3, 0.4) is 0 Å². The van der Waals surface area contributed by atoms with E-state index >= 15 is 0 Å². The van der Waals surface area contributed by atoms with Crippen LogP contribution in [0.5, 0.6) is 0 Å². The summed E-state index contributed by atoms with van der Waals surface area (Å²) >= 11 is 6.09. The van der Waals surface area contributed by atoms with E-state index in [4.69, 9.17) is 16.3 Å². The fourth-order valence-corrected chi connectivity index (χ4v) is 2.70. The second-order valence-corrected chi connectivity index (χ2v) is 6.26. The van der Waals surface area contributed by atoms with Gasteiger partial charge in [-0.05, 0) is 39.7 Å². The van der Waals surface area contributed by atoms with Crippen molar-refractivity contribution in [1.29, 1.82) is 0 Å². The lowest BCUT2D eigenvalue weighted by Crippen LogP contribution is -2.45. The molecule has 1 amide bonds. The van der Waals surface area contributed by atoms with E-state index in [0.29, 0.717) is 23.0 Å². The van der Waals surface area contributed by atoms with Crippen molar-refractivity contribution in [2.45, 2.75) is 45.3 Å². The Kier molecular flexibility index (Phi) is 5.06. The Morgan fingerprint density at radius 2 is 2.33 bits per heavy atom. The van der Waals surface area contributed by atoms with Gasteiger partial charge in [0.2, 0.25) is 0 Å². The molecule has 0 bridgehead atoms. The molecule has 1 saturated heterocycles. The van der Waals surface area contributed by atoms with Gasteiger partial charge in [0.05, 0.1) is 16.2 Å². The van der Waals surface area contributed by atoms with Crippen molar-refractivity contribution >= 4 is 23.3 Å². The lowest BCUT2D eigenvalue weighted by Gasteiger charge is -2.35. The van der Waals surface area contributed by atoms with Crippen LogP contribution in [0.25, 0.3) is 0 Å². The first-order valence-corrected chi connectivity index (χ1v) is 7.63. The number of nitrogens with one attached hydrogen (secondary N) is 2. The van der Waals surface area contributed by atoms with Gasteiger partial charge in [-0.25, -0.2) is 4.98 Å². The highest BCUT2D eigenvalue weighted by Crippen LogP contribution is 2.25. The van der Waals surface area contributed by atoms with Crippen LogP contribution >= 0.6 is 11.6 Å². The smallest absolute Gasteiger partial charge is 0.253 e. The number of carbonyl (C=O) groups excluding carboxylic acids is 1. The van der Waals surface area contributed by atoms with Gasteiger partial charge >= 0.3 is 0 Å². The van der Waals surface area contributed by atoms with E-state index in [1.165, 1.54) is 6.20 Å². The van der Waals surface area contributed by atoms with Crippen molar-refractivity contribution in [3.8, 4) is 0 Å². The molecule has 0 aliphatic carbocycles. The fraction of sp³-hybridized carbons (Fsp3) is 0.600. The predicted molar refractivity (Wildman–Crippen MR) is 83.9 cm³/mol. The second-order valence-electron chi connectivity index (χ2n) is 5.85. The number of nitrogens with zero attached hydrogens (tertiary/aromatic N) is 1. The summed E-state index contributed by atoms with van der Waals surface area (Å²) < 4.78 is 5.66. The maximum atomic E-state index is 12.4. The molecule has 1 aromatic heterocycles. The summed E-state index contributed by atoms with van der Waals surface area (Å²) in [6, 6.07) is 1.79. The van der Waals surface area contributed by atoms with Gasteiger partial charge < -0.3 is 15.4 Å². The van der Waals surface area contributed by atoms with Gasteiger partial charge in [0, 0.05) is 25.4 Å². The molecule has 21 heavy (non-hydrogen) atoms. The monoisotopic (exact) mass is 311 g/mol. The number of anilines is 1. The molecule has 2 N–H and O–H groups in total. The number of halogens is 1. The Hall–Kier alpha value is -1.33. The van der Waals surface area contributed by atoms with E-state index in [0.717, 1.165) is 19.4 Å². The maximum absolute atomic E-state index is 12.4. The predicted octanol–water partition coefficient (Wildman–Crippen LogP) is 2.85. The van der Waals surface area contributed by atoms with Crippen LogP contribution in [0.2, 0.25) is 5.02 Å². The first kappa shape index (κ1) is 16.0. The first-order valence-electron chi connectivity index (χ1n) is 7.25. The van der Waals surface area contributed by atoms with Crippen molar-refractivity contribution in [2.24, 2.45) is 0 Å². The van der Waals surface area contributed by atoms with Crippen molar-refractivity contribution in [3.05, 3.63) is 22.8 Å². The first-order chi connectivity index (χ1) is 9.91. The van der Waals surface area contributed by atoms with Gasteiger partial charge in [0.15, 0.2) is 0 Å². The third kappa shape index (κ3) is 4.32. The highest BCUT2D eigenvalue weighted by Gasteiger charge is 2.30. The highest BCUT2D eigenvalue weighted by atomic mass is 35.5. The molecule has 1 unspecified atom stereocenters. The van der Waals surface area contributed by atoms with Gasteiger partial charge in [0.1, 0.15) is 5.82 Å². The van der Waals surface area contributed by atoms with Gasteiger partial charge in [-0.2, -0.15) is 0 Å². The molecule has 0 aromatic carbocycles. The number of hydrogen-bond acceptors (Lipinski definition) is 4. The minimum atomic E-state index is -0.201. The van der Waals surface area contributed by atoms with Crippen molar-refractivity contribution in [2.75, 3.05) is 18.5 Å². The van der Waals surface area contributed by atoms with Crippen LogP contribution in [-0.2, 0) is 4.74 Å². The summed E-state index contributed by atoms with van der Waals surface area (Å²) in [5, 5.41) is 6.48. The zero-order valence-corrected chi connectivity index (χ0v) is 13.5. The lowest BCUT2D eigenvalue weighted by molar-refractivity contribution is -0.0615. The number of amides is 1. The number of hydrogen-bond donors (Lipinski definition) is 2. The van der Waals surface area contributed by atoms with Gasteiger partial charge in [-0.1, -0.05) is 11.6 Å². The number of rotatable bonds is 4. The maximum Gasteiger partial charge on any atom is 0.253 e. The van der Waals surface area contributed by atoms with Gasteiger partial charge in [-0.3, -0.25) is 4.79 Å². The third-order valence-corrected chi connectivity index (χ3v) is 3.79. The van der Waals surface area contributed by atoms with Crippen LogP contribution < -0.4 is 10.6 Å². The van der Waals surface area contributed by atoms with E-state index in [1.54, 1.807) is 6.07 Å². The van der Waals surface area contributed by atoms with E-state index in [-0.39, 0.29) is 17.6 Å². The number of pyridine rings is 1. The minimum Gasteiger partial charge on any atom is -0.375 e. The number of carbonyl (C=O) groups is 1. The molecular formula is C15H22ClN3O2. The Morgan fingerprint density at radius 1 is 1.57 bits per heavy atom. The number of aromatic nitrogens is 1. The van der Waals surface area contributed by atoms with E-state index in [1.807, 2.05) is 20.8 Å². The Balaban J connectivity index is 2.07. The van der Waals surface area contributed by atoms with Crippen LogP contribution in [-0.4, -0.2) is 35.7 Å². The molecule has 6 heteroatoms. The van der Waals surface area contributed by atoms with Crippen LogP contribution in [0, 0.1) is 0 Å². The summed E-state index contributed by atoms with van der Waals surface area (Å²) in [7, 11) is 0. The molecule has 1 aliphatic rings. The quantitative estimate of drug-likeness (QED) is 0.897. The molecule has 2 heterocycles. The van der Waals surface area contributed by atoms with Crippen molar-refractivity contribution < 1.29 is 9.53 Å². The van der Waals surface area contributed by atoms with Crippen molar-refractivity contribution in [3.63, 3.8) is 0 Å². The molecular weight excluding hydrogens is 290 g/mol. The van der Waals surface area contributed by atoms with Crippen LogP contribution in [0.15, 0.2) is 12.3 Å². The van der Waals surface area contributed by atoms with Crippen molar-refractivity contribution in [1.82, 2.24) is 10.3 Å². The minimum absolute atomic E-state index is 0.105. The Labute approximate surface area is 130 Å². The molecule has 1 atom stereocenters. The van der Waals surface area contributed by atoms with Gasteiger partial charge in [0.25, 0.3) is 5.91 Å². The zero-order chi connectivity index (χ0) is 15.5. The van der Waals surface area contributed by atoms with Crippen LogP contribution in [0.4, 0.5) is 5.82 Å². The normalized spacial score (nSPS) is 20.9. The molecule has 5 nitrogen and oxygen atoms in total. The molecule has 2 rings (SSSR count). The Morgan fingerprint density at radius 3 is 3.00 bits per heavy atom. The third-order valence-electron chi connectivity index (χ3n) is 3.49. The molecule has 1 fully saturated rings. The SMILES string of the molecule is CCNc1cc(C(=O)NC2CCOC(C)(C)C2)c(Cl)cn1. The molecule has 1 aromatic rings. The molecule has 0 saturated carbocycles. The molecule has 1 aliphatic heterocycles. The second kappa shape index (κ2) is 6.62. The van der Waals surface area contributed by atoms with E-state index in [2.05, 4.69) is 15.6 Å². The average Bonchev–Trinajstić information content (AvgIpc) is 2.40. The summed E-state index contributed by atoms with van der Waals surface area (Å²) in [5.74, 6) is 0.489. The highest BCUT2D eigenvalue weighted by molar-refractivity contribution is 6.33. The van der Waals surface area contributed by atoms with Gasteiger partial charge in [-0.15, -0.1) is 0 Å². The molecule has 0 radical (unpaired) electrons. The Bertz CT molecular complexity index is 520. The summed E-state index contributed by atoms with van der Waals surface area (Å²) in [4.78, 5) is 16.5. The number of ether oxygens (including phenoxy) is 1. The largest absolute Gasteiger partial charge is 0.375 e. The molecule has 0 spiro atoms. The zero-order valence-electron chi connectivity index (χ0n) is 12.7. The van der Waals surface area contributed by atoms with E-state index in [9.17, 15) is 4.79 Å². The van der Waals surface area contributed by atoms with Crippen LogP contribution in [0.1, 0.15) is 44.0 Å². The fourth-order valence-electron chi connectivity index (χ4n) is 2.51. The average molecular weight is 312 g/mol.